The van der Waals surface area contributed by atoms with Crippen LogP contribution in [0.5, 0.6) is 0 Å². The summed E-state index contributed by atoms with van der Waals surface area (Å²) < 4.78 is 0. The summed E-state index contributed by atoms with van der Waals surface area (Å²) in [6.07, 6.45) is 1.96. The highest BCUT2D eigenvalue weighted by atomic mass is 16.3. The maximum atomic E-state index is 12.4. The quantitative estimate of drug-likeness (QED) is 0.768. The Bertz CT molecular complexity index is 426. The van der Waals surface area contributed by atoms with Gasteiger partial charge in [-0.2, -0.15) is 0 Å². The van der Waals surface area contributed by atoms with Crippen molar-refractivity contribution in [2.45, 2.75) is 33.6 Å². The first-order valence-corrected chi connectivity index (χ1v) is 7.38. The molecule has 4 nitrogen and oxygen atoms in total. The van der Waals surface area contributed by atoms with Crippen LogP contribution >= 0.6 is 0 Å². The third-order valence-corrected chi connectivity index (χ3v) is 3.19. The van der Waals surface area contributed by atoms with Gasteiger partial charge in [-0.3, -0.25) is 4.79 Å². The number of aryl methyl sites for hydroxylation is 1. The van der Waals surface area contributed by atoms with Crippen LogP contribution in [0.1, 0.15) is 42.6 Å². The molecule has 0 bridgehead atoms. The van der Waals surface area contributed by atoms with Crippen molar-refractivity contribution in [3.8, 4) is 0 Å². The zero-order chi connectivity index (χ0) is 15.0. The lowest BCUT2D eigenvalue weighted by molar-refractivity contribution is 0.0722. The summed E-state index contributed by atoms with van der Waals surface area (Å²) in [6.45, 7) is 8.15. The second-order valence-corrected chi connectivity index (χ2v) is 4.97. The number of carbonyl (C=O) groups is 1. The molecule has 1 aromatic carbocycles. The average molecular weight is 278 g/mol. The molecule has 0 unspecified atom stereocenters. The second kappa shape index (κ2) is 8.59. The molecule has 0 aliphatic carbocycles. The van der Waals surface area contributed by atoms with Crippen molar-refractivity contribution in [3.63, 3.8) is 0 Å². The Kier molecular flexibility index (Phi) is 7.09. The highest BCUT2D eigenvalue weighted by Gasteiger charge is 2.15. The molecule has 0 saturated carbocycles. The fourth-order valence-electron chi connectivity index (χ4n) is 2.14. The van der Waals surface area contributed by atoms with Crippen LogP contribution in [0.15, 0.2) is 18.2 Å². The topological polar surface area (TPSA) is 52.6 Å². The average Bonchev–Trinajstić information content (AvgIpc) is 2.45. The van der Waals surface area contributed by atoms with Gasteiger partial charge in [0, 0.05) is 30.9 Å². The lowest BCUT2D eigenvalue weighted by atomic mass is 10.1. The molecule has 0 saturated heterocycles. The Morgan fingerprint density at radius 1 is 1.25 bits per heavy atom. The number of aliphatic hydroxyl groups is 1. The molecule has 0 aliphatic heterocycles. The lowest BCUT2D eigenvalue weighted by Crippen LogP contribution is -2.34. The van der Waals surface area contributed by atoms with Crippen molar-refractivity contribution in [3.05, 3.63) is 29.3 Å². The van der Waals surface area contributed by atoms with Crippen LogP contribution in [0.25, 0.3) is 0 Å². The number of nitrogens with one attached hydrogen (secondary N) is 1. The Morgan fingerprint density at radius 3 is 2.55 bits per heavy atom. The number of nitrogens with zero attached hydrogens (tertiary/aromatic N) is 1. The molecule has 1 aromatic rings. The van der Waals surface area contributed by atoms with Crippen molar-refractivity contribution in [2.24, 2.45) is 0 Å². The molecule has 0 heterocycles. The smallest absolute Gasteiger partial charge is 0.253 e. The van der Waals surface area contributed by atoms with E-state index in [0.29, 0.717) is 18.7 Å². The molecule has 0 aliphatic rings. The van der Waals surface area contributed by atoms with Gasteiger partial charge in [-0.1, -0.05) is 13.8 Å². The number of aliphatic hydroxyl groups excluding tert-OH is 1. The van der Waals surface area contributed by atoms with E-state index in [0.717, 1.165) is 30.6 Å². The lowest BCUT2D eigenvalue weighted by Gasteiger charge is -2.21. The van der Waals surface area contributed by atoms with E-state index in [-0.39, 0.29) is 12.5 Å². The van der Waals surface area contributed by atoms with E-state index in [1.165, 1.54) is 0 Å². The third kappa shape index (κ3) is 4.53. The van der Waals surface area contributed by atoms with Gasteiger partial charge in [0.1, 0.15) is 0 Å². The summed E-state index contributed by atoms with van der Waals surface area (Å²) in [7, 11) is 0. The summed E-state index contributed by atoms with van der Waals surface area (Å²) in [4.78, 5) is 14.1. The third-order valence-electron chi connectivity index (χ3n) is 3.19. The number of hydrogen-bond acceptors (Lipinski definition) is 3. The highest BCUT2D eigenvalue weighted by Crippen LogP contribution is 2.18. The van der Waals surface area contributed by atoms with Crippen molar-refractivity contribution in [1.29, 1.82) is 0 Å². The van der Waals surface area contributed by atoms with E-state index >= 15 is 0 Å². The molecular weight excluding hydrogens is 252 g/mol. The van der Waals surface area contributed by atoms with E-state index < -0.39 is 0 Å². The minimum atomic E-state index is -0.00829. The predicted octanol–water partition coefficient (Wildman–Crippen LogP) is 2.66. The summed E-state index contributed by atoms with van der Waals surface area (Å²) >= 11 is 0. The number of amides is 1. The minimum absolute atomic E-state index is 0.000854. The monoisotopic (exact) mass is 278 g/mol. The van der Waals surface area contributed by atoms with E-state index in [1.54, 1.807) is 4.90 Å². The molecular formula is C16H26N2O2. The second-order valence-electron chi connectivity index (χ2n) is 4.97. The molecule has 0 fully saturated rings. The standard InChI is InChI=1S/C16H26N2O2/c1-4-8-17-15-7-6-14(12-13(15)3)16(20)18(9-5-2)10-11-19/h6-7,12,17,19H,4-5,8-11H2,1-3H3. The fourth-order valence-corrected chi connectivity index (χ4v) is 2.14. The molecule has 0 atom stereocenters. The van der Waals surface area contributed by atoms with Crippen LogP contribution in [-0.4, -0.2) is 42.2 Å². The summed E-state index contributed by atoms with van der Waals surface area (Å²) in [5, 5.41) is 12.4. The van der Waals surface area contributed by atoms with Gasteiger partial charge in [-0.05, 0) is 43.5 Å². The van der Waals surface area contributed by atoms with E-state index in [4.69, 9.17) is 5.11 Å². The van der Waals surface area contributed by atoms with Gasteiger partial charge >= 0.3 is 0 Å². The first-order valence-electron chi connectivity index (χ1n) is 7.38. The van der Waals surface area contributed by atoms with Crippen LogP contribution in [0.3, 0.4) is 0 Å². The van der Waals surface area contributed by atoms with Crippen molar-refractivity contribution < 1.29 is 9.90 Å². The minimum Gasteiger partial charge on any atom is -0.395 e. The number of carbonyl (C=O) groups excluding carboxylic acids is 1. The summed E-state index contributed by atoms with van der Waals surface area (Å²) in [5.74, 6) is -0.00829. The van der Waals surface area contributed by atoms with Crippen LogP contribution in [0.2, 0.25) is 0 Å². The maximum absolute atomic E-state index is 12.4. The highest BCUT2D eigenvalue weighted by molar-refractivity contribution is 5.95. The van der Waals surface area contributed by atoms with Gasteiger partial charge in [0.15, 0.2) is 0 Å². The molecule has 112 valence electrons. The molecule has 1 amide bonds. The summed E-state index contributed by atoms with van der Waals surface area (Å²) in [6, 6.07) is 5.73. The van der Waals surface area contributed by atoms with Gasteiger partial charge in [0.25, 0.3) is 5.91 Å². The number of rotatable bonds is 8. The van der Waals surface area contributed by atoms with E-state index in [9.17, 15) is 4.79 Å². The van der Waals surface area contributed by atoms with Crippen molar-refractivity contribution in [1.82, 2.24) is 4.90 Å². The van der Waals surface area contributed by atoms with Crippen molar-refractivity contribution in [2.75, 3.05) is 31.6 Å². The molecule has 20 heavy (non-hydrogen) atoms. The van der Waals surface area contributed by atoms with Crippen LogP contribution < -0.4 is 5.32 Å². The Balaban J connectivity index is 2.84. The molecule has 4 heteroatoms. The fraction of sp³-hybridized carbons (Fsp3) is 0.562. The molecule has 0 spiro atoms. The predicted molar refractivity (Wildman–Crippen MR) is 83.2 cm³/mol. The zero-order valence-electron chi connectivity index (χ0n) is 12.8. The van der Waals surface area contributed by atoms with Gasteiger partial charge in [0.05, 0.1) is 6.61 Å². The number of benzene rings is 1. The molecule has 0 aromatic heterocycles. The van der Waals surface area contributed by atoms with Crippen molar-refractivity contribution >= 4 is 11.6 Å². The Morgan fingerprint density at radius 2 is 2.00 bits per heavy atom. The number of hydrogen-bond donors (Lipinski definition) is 2. The van der Waals surface area contributed by atoms with E-state index in [1.807, 2.05) is 32.0 Å². The number of anilines is 1. The van der Waals surface area contributed by atoms with Gasteiger partial charge in [0.2, 0.25) is 0 Å². The van der Waals surface area contributed by atoms with E-state index in [2.05, 4.69) is 12.2 Å². The molecule has 2 N–H and O–H groups in total. The Labute approximate surface area is 121 Å². The molecule has 1 rings (SSSR count). The zero-order valence-corrected chi connectivity index (χ0v) is 12.8. The van der Waals surface area contributed by atoms with Gasteiger partial charge in [-0.15, -0.1) is 0 Å². The van der Waals surface area contributed by atoms with Crippen LogP contribution in [0, 0.1) is 6.92 Å². The van der Waals surface area contributed by atoms with Gasteiger partial charge < -0.3 is 15.3 Å². The Hall–Kier alpha value is -1.55. The van der Waals surface area contributed by atoms with Gasteiger partial charge in [-0.25, -0.2) is 0 Å². The summed E-state index contributed by atoms with van der Waals surface area (Å²) in [5.41, 5.74) is 2.84. The SMILES string of the molecule is CCCNc1ccc(C(=O)N(CCC)CCO)cc1C. The van der Waals surface area contributed by atoms with Crippen LogP contribution in [-0.2, 0) is 0 Å². The van der Waals surface area contributed by atoms with Crippen LogP contribution in [0.4, 0.5) is 5.69 Å². The first-order chi connectivity index (χ1) is 9.63. The normalized spacial score (nSPS) is 10.4. The maximum Gasteiger partial charge on any atom is 0.253 e. The first kappa shape index (κ1) is 16.5. The largest absolute Gasteiger partial charge is 0.395 e. The molecule has 0 radical (unpaired) electrons.